The maximum Gasteiger partial charge on any atom is 0.407 e. The number of amides is 4. The molecule has 0 radical (unpaired) electrons. The standard InChI is InChI=1S/C43H53N9O6/c1-7-24(3)35(48-42(55)57-5)40(53)51-19-9-11-33(51)38-44-23-32(47-38)29-16-14-26-21-28(15-13-27(26)22-29)30-17-18-31-37(45-30)50-39(46-31)34-12-10-20-52(34)41(54)36(25(4)8-2)49-43(56)58-6/h13-18,21-25,33-36H,7-12,19-20H2,1-6H3,(H,44,47)(H,48,55)(H,49,56)(H,45,46,50)/t24-,25-,33-,34-,35-,36-/m0/s1. The minimum atomic E-state index is -0.695. The van der Waals surface area contributed by atoms with Gasteiger partial charge in [0.05, 0.1) is 49.4 Å². The van der Waals surface area contributed by atoms with Gasteiger partial charge >= 0.3 is 12.2 Å². The summed E-state index contributed by atoms with van der Waals surface area (Å²) in [6.07, 6.45) is 5.22. The lowest BCUT2D eigenvalue weighted by Gasteiger charge is -2.30. The fourth-order valence-electron chi connectivity index (χ4n) is 8.18. The Kier molecular flexibility index (Phi) is 12.0. The second-order valence-electron chi connectivity index (χ2n) is 15.5. The van der Waals surface area contributed by atoms with Crippen LogP contribution >= 0.6 is 0 Å². The van der Waals surface area contributed by atoms with Crippen LogP contribution in [-0.4, -0.2) is 98.1 Å². The minimum absolute atomic E-state index is 0.0609. The Hall–Kier alpha value is -5.99. The summed E-state index contributed by atoms with van der Waals surface area (Å²) in [5.74, 6) is 0.999. The maximum absolute atomic E-state index is 13.8. The van der Waals surface area contributed by atoms with E-state index < -0.39 is 24.3 Å². The molecule has 2 fully saturated rings. The highest BCUT2D eigenvalue weighted by molar-refractivity contribution is 5.91. The Balaban J connectivity index is 1.07. The second-order valence-corrected chi connectivity index (χ2v) is 15.5. The Morgan fingerprint density at radius 3 is 1.86 bits per heavy atom. The number of ether oxygens (including phenoxy) is 2. The molecule has 58 heavy (non-hydrogen) atoms. The number of benzene rings is 2. The first kappa shape index (κ1) is 40.2. The van der Waals surface area contributed by atoms with E-state index in [1.807, 2.05) is 61.9 Å². The third-order valence-electron chi connectivity index (χ3n) is 12.0. The van der Waals surface area contributed by atoms with Gasteiger partial charge in [0.2, 0.25) is 11.8 Å². The zero-order valence-corrected chi connectivity index (χ0v) is 34.0. The molecule has 2 aromatic carbocycles. The molecule has 5 aromatic rings. The van der Waals surface area contributed by atoms with E-state index in [2.05, 4.69) is 50.9 Å². The number of imidazole rings is 2. The molecule has 15 nitrogen and oxygen atoms in total. The molecule has 0 aliphatic carbocycles. The number of aromatic amines is 2. The Morgan fingerprint density at radius 1 is 0.741 bits per heavy atom. The van der Waals surface area contributed by atoms with Gasteiger partial charge in [-0.3, -0.25) is 9.59 Å². The van der Waals surface area contributed by atoms with E-state index >= 15 is 0 Å². The predicted octanol–water partition coefficient (Wildman–Crippen LogP) is 7.04. The van der Waals surface area contributed by atoms with Gasteiger partial charge in [-0.15, -0.1) is 0 Å². The van der Waals surface area contributed by atoms with Gasteiger partial charge in [0.15, 0.2) is 5.65 Å². The summed E-state index contributed by atoms with van der Waals surface area (Å²) in [5.41, 5.74) is 4.90. The minimum Gasteiger partial charge on any atom is -0.453 e. The van der Waals surface area contributed by atoms with Crippen LogP contribution in [0.2, 0.25) is 0 Å². The van der Waals surface area contributed by atoms with Gasteiger partial charge in [-0.1, -0.05) is 64.8 Å². The van der Waals surface area contributed by atoms with Crippen molar-refractivity contribution in [2.45, 2.75) is 90.4 Å². The summed E-state index contributed by atoms with van der Waals surface area (Å²) in [4.78, 5) is 76.8. The molecule has 306 valence electrons. The largest absolute Gasteiger partial charge is 0.453 e. The first-order valence-corrected chi connectivity index (χ1v) is 20.3. The smallest absolute Gasteiger partial charge is 0.407 e. The Morgan fingerprint density at radius 2 is 1.29 bits per heavy atom. The topological polar surface area (TPSA) is 188 Å². The highest BCUT2D eigenvalue weighted by atomic mass is 16.5. The third kappa shape index (κ3) is 8.07. The van der Waals surface area contributed by atoms with Gasteiger partial charge in [-0.2, -0.15) is 0 Å². The van der Waals surface area contributed by atoms with Gasteiger partial charge in [-0.25, -0.2) is 24.5 Å². The molecule has 4 amide bonds. The van der Waals surface area contributed by atoms with Gasteiger partial charge in [0.25, 0.3) is 0 Å². The van der Waals surface area contributed by atoms with Crippen LogP contribution in [0.15, 0.2) is 54.7 Å². The molecule has 0 spiro atoms. The molecule has 2 saturated heterocycles. The molecular weight excluding hydrogens is 739 g/mol. The molecule has 3 aromatic heterocycles. The molecule has 2 aliphatic rings. The SMILES string of the molecule is CC[C@H](C)[C@H](NC(=O)OC)C(=O)N1CCC[C@H]1c1ncc(-c2ccc3cc(-c4ccc5[nH]c([C@@H]6CCCN6C(=O)[C@@H](NC(=O)OC)[C@@H](C)CC)nc5n4)ccc3c2)[nH]1. The van der Waals surface area contributed by atoms with Crippen LogP contribution in [0, 0.1) is 11.8 Å². The van der Waals surface area contributed by atoms with Crippen molar-refractivity contribution in [3.8, 4) is 22.5 Å². The van der Waals surface area contributed by atoms with E-state index in [4.69, 9.17) is 24.4 Å². The van der Waals surface area contributed by atoms with Crippen molar-refractivity contribution < 1.29 is 28.7 Å². The van der Waals surface area contributed by atoms with Crippen LogP contribution < -0.4 is 10.6 Å². The first-order chi connectivity index (χ1) is 28.0. The number of nitrogens with zero attached hydrogens (tertiary/aromatic N) is 5. The molecule has 7 rings (SSSR count). The number of pyridine rings is 1. The molecule has 5 heterocycles. The number of aromatic nitrogens is 5. The fourth-order valence-corrected chi connectivity index (χ4v) is 8.18. The fraction of sp³-hybridized carbons (Fsp3) is 0.465. The average Bonchev–Trinajstić information content (AvgIpc) is 4.09. The number of methoxy groups -OCH3 is 2. The van der Waals surface area contributed by atoms with Crippen LogP contribution in [0.5, 0.6) is 0 Å². The number of H-pyrrole nitrogens is 2. The normalized spacial score (nSPS) is 18.9. The monoisotopic (exact) mass is 791 g/mol. The summed E-state index contributed by atoms with van der Waals surface area (Å²) in [5, 5.41) is 7.59. The molecule has 0 unspecified atom stereocenters. The first-order valence-electron chi connectivity index (χ1n) is 20.3. The van der Waals surface area contributed by atoms with E-state index in [1.165, 1.54) is 14.2 Å². The molecule has 6 atom stereocenters. The number of hydrogen-bond acceptors (Lipinski definition) is 9. The molecule has 15 heteroatoms. The summed E-state index contributed by atoms with van der Waals surface area (Å²) in [6.45, 7) is 9.06. The van der Waals surface area contributed by atoms with E-state index in [0.29, 0.717) is 24.6 Å². The molecule has 4 N–H and O–H groups in total. The van der Waals surface area contributed by atoms with Crippen LogP contribution in [0.3, 0.4) is 0 Å². The molecule has 0 saturated carbocycles. The zero-order valence-electron chi connectivity index (χ0n) is 34.0. The molecule has 2 aliphatic heterocycles. The van der Waals surface area contributed by atoms with E-state index in [0.717, 1.165) is 83.2 Å². The van der Waals surface area contributed by atoms with Crippen molar-refractivity contribution in [3.63, 3.8) is 0 Å². The number of carbonyl (C=O) groups is 4. The number of nitrogens with one attached hydrogen (secondary N) is 4. The number of fused-ring (bicyclic) bond motifs is 2. The highest BCUT2D eigenvalue weighted by Gasteiger charge is 2.39. The van der Waals surface area contributed by atoms with Crippen LogP contribution in [0.25, 0.3) is 44.5 Å². The van der Waals surface area contributed by atoms with Gasteiger partial charge < -0.3 is 39.9 Å². The van der Waals surface area contributed by atoms with Gasteiger partial charge in [0, 0.05) is 24.2 Å². The lowest BCUT2D eigenvalue weighted by atomic mass is 9.97. The van der Waals surface area contributed by atoms with E-state index in [1.54, 1.807) is 0 Å². The summed E-state index contributed by atoms with van der Waals surface area (Å²) >= 11 is 0. The van der Waals surface area contributed by atoms with Gasteiger partial charge in [0.1, 0.15) is 23.7 Å². The van der Waals surface area contributed by atoms with Crippen molar-refractivity contribution in [1.29, 1.82) is 0 Å². The van der Waals surface area contributed by atoms with Crippen molar-refractivity contribution in [2.75, 3.05) is 27.3 Å². The summed E-state index contributed by atoms with van der Waals surface area (Å²) in [6, 6.07) is 14.6. The van der Waals surface area contributed by atoms with Crippen LogP contribution in [-0.2, 0) is 19.1 Å². The Bertz CT molecular complexity index is 2300. The number of carbonyl (C=O) groups excluding carboxylic acids is 4. The van der Waals surface area contributed by atoms with E-state index in [-0.39, 0.29) is 35.7 Å². The second kappa shape index (κ2) is 17.2. The van der Waals surface area contributed by atoms with E-state index in [9.17, 15) is 19.2 Å². The number of hydrogen-bond donors (Lipinski definition) is 4. The highest BCUT2D eigenvalue weighted by Crippen LogP contribution is 2.35. The van der Waals surface area contributed by atoms with Crippen molar-refractivity contribution in [1.82, 2.24) is 45.4 Å². The summed E-state index contributed by atoms with van der Waals surface area (Å²) in [7, 11) is 2.59. The van der Waals surface area contributed by atoms with Crippen molar-refractivity contribution in [3.05, 3.63) is 66.4 Å². The Labute approximate surface area is 337 Å². The number of rotatable bonds is 12. The third-order valence-corrected chi connectivity index (χ3v) is 12.0. The predicted molar refractivity (Wildman–Crippen MR) is 219 cm³/mol. The quantitative estimate of drug-likeness (QED) is 0.103. The maximum atomic E-state index is 13.8. The zero-order chi connectivity index (χ0) is 41.1. The lowest BCUT2D eigenvalue weighted by molar-refractivity contribution is -0.136. The van der Waals surface area contributed by atoms with Crippen molar-refractivity contribution >= 4 is 45.9 Å². The summed E-state index contributed by atoms with van der Waals surface area (Å²) < 4.78 is 9.62. The number of likely N-dealkylation sites (tertiary alicyclic amines) is 2. The van der Waals surface area contributed by atoms with Crippen molar-refractivity contribution in [2.24, 2.45) is 11.8 Å². The van der Waals surface area contributed by atoms with Crippen LogP contribution in [0.1, 0.15) is 90.0 Å². The molecular formula is C43H53N9O6. The lowest BCUT2D eigenvalue weighted by Crippen LogP contribution is -2.51. The number of alkyl carbamates (subject to hydrolysis) is 2. The van der Waals surface area contributed by atoms with Crippen LogP contribution in [0.4, 0.5) is 9.59 Å². The average molecular weight is 792 g/mol. The van der Waals surface area contributed by atoms with Gasteiger partial charge in [-0.05, 0) is 72.6 Å². The molecule has 0 bridgehead atoms.